The molecular formula is C39H48ClN3O5. The highest BCUT2D eigenvalue weighted by Crippen LogP contribution is 2.44. The molecule has 3 aromatic rings. The molecule has 2 fully saturated rings. The number of anilines is 2. The van der Waals surface area contributed by atoms with E-state index >= 15 is 0 Å². The van der Waals surface area contributed by atoms with Crippen LogP contribution in [0.15, 0.2) is 60.7 Å². The van der Waals surface area contributed by atoms with Gasteiger partial charge in [-0.1, -0.05) is 23.7 Å². The van der Waals surface area contributed by atoms with Crippen LogP contribution in [-0.4, -0.2) is 55.9 Å². The molecule has 0 bridgehead atoms. The molecule has 3 aliphatic rings. The zero-order valence-electron chi connectivity index (χ0n) is 28.5. The van der Waals surface area contributed by atoms with Gasteiger partial charge in [0.15, 0.2) is 11.5 Å². The van der Waals surface area contributed by atoms with Gasteiger partial charge in [0, 0.05) is 35.9 Å². The van der Waals surface area contributed by atoms with Gasteiger partial charge in [0.1, 0.15) is 0 Å². The average molecular weight is 674 g/mol. The van der Waals surface area contributed by atoms with E-state index in [1.165, 1.54) is 0 Å². The lowest BCUT2D eigenvalue weighted by Crippen LogP contribution is -2.44. The molecule has 1 aliphatic heterocycles. The van der Waals surface area contributed by atoms with Gasteiger partial charge in [-0.15, -0.1) is 0 Å². The smallest absolute Gasteiger partial charge is 0.232 e. The minimum absolute atomic E-state index is 0.00590. The fourth-order valence-electron chi connectivity index (χ4n) is 7.71. The Kier molecular flexibility index (Phi) is 10.5. The highest BCUT2D eigenvalue weighted by molar-refractivity contribution is 6.30. The maximum atomic E-state index is 13.9. The van der Waals surface area contributed by atoms with Crippen molar-refractivity contribution in [2.75, 3.05) is 30.5 Å². The Labute approximate surface area is 289 Å². The van der Waals surface area contributed by atoms with Crippen molar-refractivity contribution in [2.24, 2.45) is 11.8 Å². The molecule has 0 spiro atoms. The van der Waals surface area contributed by atoms with E-state index in [2.05, 4.69) is 29.4 Å². The lowest BCUT2D eigenvalue weighted by molar-refractivity contribution is -0.127. The summed E-state index contributed by atoms with van der Waals surface area (Å²) in [6.07, 6.45) is 6.21. The Morgan fingerprint density at radius 1 is 1.00 bits per heavy atom. The molecule has 2 saturated carbocycles. The Morgan fingerprint density at radius 3 is 2.33 bits per heavy atom. The van der Waals surface area contributed by atoms with Crippen LogP contribution in [0.5, 0.6) is 11.5 Å². The molecule has 48 heavy (non-hydrogen) atoms. The number of methoxy groups -OCH3 is 1. The predicted molar refractivity (Wildman–Crippen MR) is 190 cm³/mol. The number of carbonyl (C=O) groups is 2. The van der Waals surface area contributed by atoms with E-state index in [-0.39, 0.29) is 42.3 Å². The van der Waals surface area contributed by atoms with Crippen LogP contribution in [0.4, 0.5) is 11.4 Å². The first-order valence-corrected chi connectivity index (χ1v) is 17.7. The summed E-state index contributed by atoms with van der Waals surface area (Å²) in [7, 11) is 3.73. The van der Waals surface area contributed by atoms with E-state index in [0.717, 1.165) is 79.6 Å². The number of aliphatic hydroxyl groups is 1. The van der Waals surface area contributed by atoms with Crippen LogP contribution in [0.25, 0.3) is 0 Å². The lowest BCUT2D eigenvalue weighted by atomic mass is 9.81. The number of ether oxygens (including phenoxy) is 2. The van der Waals surface area contributed by atoms with Crippen LogP contribution >= 0.6 is 11.6 Å². The first-order valence-electron chi connectivity index (χ1n) is 17.4. The fourth-order valence-corrected chi connectivity index (χ4v) is 7.83. The molecule has 0 radical (unpaired) electrons. The fraction of sp³-hybridized carbons (Fsp3) is 0.487. The third kappa shape index (κ3) is 7.45. The molecule has 3 aromatic carbocycles. The largest absolute Gasteiger partial charge is 0.493 e. The number of benzene rings is 3. The number of amides is 2. The first-order chi connectivity index (χ1) is 23.1. The second-order valence-corrected chi connectivity index (χ2v) is 14.4. The van der Waals surface area contributed by atoms with E-state index in [9.17, 15) is 14.7 Å². The molecule has 0 unspecified atom stereocenters. The van der Waals surface area contributed by atoms with Crippen molar-refractivity contribution in [2.45, 2.75) is 89.5 Å². The van der Waals surface area contributed by atoms with Gasteiger partial charge in [-0.2, -0.15) is 0 Å². The van der Waals surface area contributed by atoms with Gasteiger partial charge in [-0.05, 0) is 130 Å². The van der Waals surface area contributed by atoms with Gasteiger partial charge in [0.05, 0.1) is 37.8 Å². The zero-order chi connectivity index (χ0) is 33.9. The van der Waals surface area contributed by atoms with Crippen molar-refractivity contribution in [3.05, 3.63) is 82.4 Å². The number of aliphatic hydroxyl groups excluding tert-OH is 1. The summed E-state index contributed by atoms with van der Waals surface area (Å²) in [5, 5.41) is 13.8. The Balaban J connectivity index is 1.17. The van der Waals surface area contributed by atoms with Crippen LogP contribution in [0.2, 0.25) is 5.02 Å². The highest BCUT2D eigenvalue weighted by Gasteiger charge is 2.36. The number of hydrogen-bond acceptors (Lipinski definition) is 6. The molecule has 2 N–H and O–H groups in total. The predicted octanol–water partition coefficient (Wildman–Crippen LogP) is 7.09. The van der Waals surface area contributed by atoms with E-state index in [0.29, 0.717) is 22.4 Å². The summed E-state index contributed by atoms with van der Waals surface area (Å²) >= 11 is 6.28. The van der Waals surface area contributed by atoms with Gasteiger partial charge in [0.2, 0.25) is 11.8 Å². The summed E-state index contributed by atoms with van der Waals surface area (Å²) in [6.45, 7) is 4.87. The first kappa shape index (κ1) is 34.1. The molecule has 2 aliphatic carbocycles. The molecule has 6 rings (SSSR count). The van der Waals surface area contributed by atoms with Crippen LogP contribution < -0.4 is 24.6 Å². The van der Waals surface area contributed by atoms with Crippen molar-refractivity contribution in [3.63, 3.8) is 0 Å². The van der Waals surface area contributed by atoms with Gasteiger partial charge in [-0.25, -0.2) is 0 Å². The SMILES string of the molecule is COc1cc2c(cc1OC(C)C)[C@H](c1ccc(Cl)cc1)N(c1ccc(N(C)C[C@H]3CC[C@H](C(=O)N[C@@H]4CCC[C@@H]4O)CC3)cc1)C(=O)C2. The normalized spacial score (nSPS) is 23.9. The minimum Gasteiger partial charge on any atom is -0.493 e. The summed E-state index contributed by atoms with van der Waals surface area (Å²) in [5.41, 5.74) is 4.78. The van der Waals surface area contributed by atoms with Gasteiger partial charge in [-0.3, -0.25) is 9.59 Å². The molecular weight excluding hydrogens is 626 g/mol. The summed E-state index contributed by atoms with van der Waals surface area (Å²) in [6, 6.07) is 19.4. The number of nitrogens with one attached hydrogen (secondary N) is 1. The second-order valence-electron chi connectivity index (χ2n) is 14.0. The number of halogens is 1. The Hall–Kier alpha value is -3.75. The van der Waals surface area contributed by atoms with Crippen LogP contribution in [0.3, 0.4) is 0 Å². The molecule has 2 amide bonds. The van der Waals surface area contributed by atoms with Crippen molar-refractivity contribution in [3.8, 4) is 11.5 Å². The van der Waals surface area contributed by atoms with Crippen molar-refractivity contribution in [1.29, 1.82) is 0 Å². The van der Waals surface area contributed by atoms with Crippen LogP contribution in [0.1, 0.15) is 81.5 Å². The third-order valence-corrected chi connectivity index (χ3v) is 10.5. The molecule has 8 nitrogen and oxygen atoms in total. The monoisotopic (exact) mass is 673 g/mol. The molecule has 3 atom stereocenters. The third-order valence-electron chi connectivity index (χ3n) is 10.3. The van der Waals surface area contributed by atoms with Gasteiger partial charge in [0.25, 0.3) is 0 Å². The topological polar surface area (TPSA) is 91.3 Å². The Bertz CT molecular complexity index is 1590. The maximum Gasteiger partial charge on any atom is 0.232 e. The zero-order valence-corrected chi connectivity index (χ0v) is 29.2. The summed E-state index contributed by atoms with van der Waals surface area (Å²) in [4.78, 5) is 30.9. The quantitative estimate of drug-likeness (QED) is 0.239. The van der Waals surface area contributed by atoms with E-state index in [1.54, 1.807) is 7.11 Å². The molecule has 0 aromatic heterocycles. The average Bonchev–Trinajstić information content (AvgIpc) is 3.48. The van der Waals surface area contributed by atoms with Crippen LogP contribution in [0, 0.1) is 11.8 Å². The number of rotatable bonds is 10. The minimum atomic E-state index is -0.404. The molecule has 9 heteroatoms. The van der Waals surface area contributed by atoms with Crippen molar-refractivity contribution >= 4 is 34.8 Å². The lowest BCUT2D eigenvalue weighted by Gasteiger charge is -2.38. The highest BCUT2D eigenvalue weighted by atomic mass is 35.5. The van der Waals surface area contributed by atoms with E-state index < -0.39 is 6.10 Å². The van der Waals surface area contributed by atoms with Crippen molar-refractivity contribution in [1.82, 2.24) is 5.32 Å². The number of nitrogens with zero attached hydrogens (tertiary/aromatic N) is 2. The number of hydrogen-bond donors (Lipinski definition) is 2. The summed E-state index contributed by atoms with van der Waals surface area (Å²) < 4.78 is 11.8. The maximum absolute atomic E-state index is 13.9. The second kappa shape index (κ2) is 14.8. The van der Waals surface area contributed by atoms with Gasteiger partial charge >= 0.3 is 0 Å². The van der Waals surface area contributed by atoms with Crippen molar-refractivity contribution < 1.29 is 24.2 Å². The standard InChI is InChI=1S/C39H48ClN3O5/c1-24(2)48-36-22-32-28(20-35(36)47-4)21-37(45)43(38(32)26-12-14-29(40)15-13-26)31-18-16-30(17-19-31)42(3)23-25-8-10-27(11-9-25)39(46)41-33-6-5-7-34(33)44/h12-20,22,24-25,27,33-34,38,44H,5-11,21,23H2,1-4H3,(H,41,46)/t25-,27-,33-,34+,38+/m1/s1. The van der Waals surface area contributed by atoms with Gasteiger partial charge < -0.3 is 29.7 Å². The molecule has 1 heterocycles. The van der Waals surface area contributed by atoms with E-state index in [4.69, 9.17) is 21.1 Å². The molecule has 0 saturated heterocycles. The summed E-state index contributed by atoms with van der Waals surface area (Å²) in [5.74, 6) is 1.92. The Morgan fingerprint density at radius 2 is 1.71 bits per heavy atom. The number of fused-ring (bicyclic) bond motifs is 1. The number of carbonyl (C=O) groups excluding carboxylic acids is 2. The molecule has 256 valence electrons. The van der Waals surface area contributed by atoms with E-state index in [1.807, 2.05) is 67.3 Å². The van der Waals surface area contributed by atoms with Crippen LogP contribution in [-0.2, 0) is 16.0 Å².